The van der Waals surface area contributed by atoms with Gasteiger partial charge < -0.3 is 20.5 Å². The van der Waals surface area contributed by atoms with Gasteiger partial charge in [-0.05, 0) is 45.1 Å². The summed E-state index contributed by atoms with van der Waals surface area (Å²) in [5, 5.41) is 17.0. The van der Waals surface area contributed by atoms with Gasteiger partial charge in [0.1, 0.15) is 0 Å². The van der Waals surface area contributed by atoms with Gasteiger partial charge in [-0.25, -0.2) is 0 Å². The Hall–Kier alpha value is -0.900. The molecule has 2 atom stereocenters. The lowest BCUT2D eigenvalue weighted by Gasteiger charge is -2.38. The first-order chi connectivity index (χ1) is 14.1. The number of nitrogens with zero attached hydrogens (tertiary/aromatic N) is 2. The van der Waals surface area contributed by atoms with Crippen LogP contribution in [0.5, 0.6) is 0 Å². The predicted octanol–water partition coefficient (Wildman–Crippen LogP) is 3.00. The number of nitrogens with one attached hydrogen (secondary N) is 2. The van der Waals surface area contributed by atoms with Gasteiger partial charge in [0, 0.05) is 50.3 Å². The number of hydrogen-bond donors (Lipinski definition) is 3. The van der Waals surface area contributed by atoms with Crippen LogP contribution in [0.2, 0.25) is 0 Å². The van der Waals surface area contributed by atoms with Crippen LogP contribution >= 0.6 is 24.0 Å². The molecule has 0 bridgehead atoms. The summed E-state index contributed by atoms with van der Waals surface area (Å²) in [6, 6.07) is 11.7. The van der Waals surface area contributed by atoms with E-state index in [1.54, 1.807) is 0 Å². The Morgan fingerprint density at radius 2 is 2.00 bits per heavy atom. The number of benzene rings is 1. The molecule has 7 heteroatoms. The number of piperidine rings is 1. The first-order valence-corrected chi connectivity index (χ1v) is 11.2. The lowest BCUT2D eigenvalue weighted by atomic mass is 9.81. The molecular weight excluding hydrogens is 491 g/mol. The van der Waals surface area contributed by atoms with Crippen molar-refractivity contribution in [2.45, 2.75) is 58.2 Å². The molecule has 2 heterocycles. The lowest BCUT2D eigenvalue weighted by molar-refractivity contribution is -0.0106. The number of aliphatic hydroxyl groups is 1. The summed E-state index contributed by atoms with van der Waals surface area (Å²) in [5.74, 6) is 0.875. The Bertz CT molecular complexity index is 637. The molecule has 0 aliphatic carbocycles. The maximum Gasteiger partial charge on any atom is 0.191 e. The van der Waals surface area contributed by atoms with E-state index in [-0.39, 0.29) is 36.0 Å². The Kier molecular flexibility index (Phi) is 10.8. The van der Waals surface area contributed by atoms with Gasteiger partial charge in [0.25, 0.3) is 0 Å². The fourth-order valence-electron chi connectivity index (χ4n) is 4.34. The zero-order valence-electron chi connectivity index (χ0n) is 18.5. The van der Waals surface area contributed by atoms with Crippen LogP contribution in [0.25, 0.3) is 0 Å². The number of halogens is 1. The normalized spacial score (nSPS) is 24.7. The minimum atomic E-state index is -0.132. The second-order valence-electron chi connectivity index (χ2n) is 8.64. The Morgan fingerprint density at radius 3 is 2.63 bits per heavy atom. The summed E-state index contributed by atoms with van der Waals surface area (Å²) >= 11 is 0. The summed E-state index contributed by atoms with van der Waals surface area (Å²) in [4.78, 5) is 7.42. The monoisotopic (exact) mass is 530 g/mol. The predicted molar refractivity (Wildman–Crippen MR) is 133 cm³/mol. The highest BCUT2D eigenvalue weighted by atomic mass is 127. The number of aliphatic hydroxyl groups excluding tert-OH is 1. The van der Waals surface area contributed by atoms with Gasteiger partial charge >= 0.3 is 0 Å². The Labute approximate surface area is 198 Å². The van der Waals surface area contributed by atoms with Crippen molar-refractivity contribution in [1.29, 1.82) is 0 Å². The molecule has 2 aliphatic rings. The number of guanidine groups is 1. The number of likely N-dealkylation sites (tertiary alicyclic amines) is 1. The van der Waals surface area contributed by atoms with E-state index in [4.69, 9.17) is 9.73 Å². The molecular formula is C23H39IN4O2. The van der Waals surface area contributed by atoms with Crippen LogP contribution in [0.1, 0.15) is 45.1 Å². The van der Waals surface area contributed by atoms with Crippen LogP contribution < -0.4 is 10.6 Å². The van der Waals surface area contributed by atoms with Gasteiger partial charge in [-0.2, -0.15) is 0 Å². The van der Waals surface area contributed by atoms with E-state index in [0.29, 0.717) is 18.6 Å². The van der Waals surface area contributed by atoms with E-state index < -0.39 is 0 Å². The number of hydrogen-bond acceptors (Lipinski definition) is 4. The highest BCUT2D eigenvalue weighted by molar-refractivity contribution is 14.0. The zero-order chi connectivity index (χ0) is 20.5. The van der Waals surface area contributed by atoms with Crippen molar-refractivity contribution < 1.29 is 9.84 Å². The van der Waals surface area contributed by atoms with Crippen LogP contribution in [0, 0.1) is 5.41 Å². The van der Waals surface area contributed by atoms with E-state index in [1.165, 1.54) is 5.56 Å². The van der Waals surface area contributed by atoms with E-state index in [1.807, 2.05) is 0 Å². The first-order valence-electron chi connectivity index (χ1n) is 11.2. The molecule has 6 nitrogen and oxygen atoms in total. The maximum absolute atomic E-state index is 9.92. The number of rotatable bonds is 7. The molecule has 2 aliphatic heterocycles. The van der Waals surface area contributed by atoms with Crippen LogP contribution in [0.15, 0.2) is 35.3 Å². The Balaban J connectivity index is 0.00000320. The zero-order valence-corrected chi connectivity index (χ0v) is 20.8. The summed E-state index contributed by atoms with van der Waals surface area (Å²) < 4.78 is 5.47. The van der Waals surface area contributed by atoms with Crippen LogP contribution in [-0.4, -0.2) is 67.5 Å². The van der Waals surface area contributed by atoms with Gasteiger partial charge in [-0.3, -0.25) is 9.89 Å². The molecule has 1 aromatic rings. The molecule has 0 aromatic heterocycles. The van der Waals surface area contributed by atoms with Gasteiger partial charge in [-0.15, -0.1) is 24.0 Å². The number of ether oxygens (including phenoxy) is 1. The van der Waals surface area contributed by atoms with Gasteiger partial charge in [-0.1, -0.05) is 30.3 Å². The molecule has 30 heavy (non-hydrogen) atoms. The van der Waals surface area contributed by atoms with E-state index in [9.17, 15) is 5.11 Å². The maximum atomic E-state index is 9.92. The van der Waals surface area contributed by atoms with Crippen molar-refractivity contribution in [3.05, 3.63) is 35.9 Å². The molecule has 2 saturated heterocycles. The van der Waals surface area contributed by atoms with E-state index in [0.717, 1.165) is 64.5 Å². The minimum Gasteiger partial charge on any atom is -0.396 e. The van der Waals surface area contributed by atoms with Crippen LogP contribution in [0.4, 0.5) is 0 Å². The van der Waals surface area contributed by atoms with Crippen molar-refractivity contribution in [1.82, 2.24) is 15.5 Å². The van der Waals surface area contributed by atoms with E-state index in [2.05, 4.69) is 59.7 Å². The van der Waals surface area contributed by atoms with E-state index >= 15 is 0 Å². The average molecular weight is 530 g/mol. The van der Waals surface area contributed by atoms with Crippen molar-refractivity contribution in [2.24, 2.45) is 10.4 Å². The standard InChI is InChI=1S/C23H38N4O2.HI/c1-3-24-22(25-17-23(18-28)10-13-29-14-11-23)26-21-9-12-27(19(2)15-21)16-20-7-5-4-6-8-20;/h4-8,19,21,28H,3,9-18H2,1-2H3,(H2,24,25,26);1H. The van der Waals surface area contributed by atoms with Crippen molar-refractivity contribution in [3.8, 4) is 0 Å². The molecule has 170 valence electrons. The molecule has 2 fully saturated rings. The fourth-order valence-corrected chi connectivity index (χ4v) is 4.34. The summed E-state index contributed by atoms with van der Waals surface area (Å²) in [7, 11) is 0. The highest BCUT2D eigenvalue weighted by Crippen LogP contribution is 2.30. The first kappa shape index (κ1) is 25.4. The van der Waals surface area contributed by atoms with Crippen LogP contribution in [0.3, 0.4) is 0 Å². The van der Waals surface area contributed by atoms with Crippen LogP contribution in [-0.2, 0) is 11.3 Å². The molecule has 0 amide bonds. The Morgan fingerprint density at radius 1 is 1.27 bits per heavy atom. The highest BCUT2D eigenvalue weighted by Gasteiger charge is 2.32. The van der Waals surface area contributed by atoms with Gasteiger partial charge in [0.2, 0.25) is 0 Å². The summed E-state index contributed by atoms with van der Waals surface area (Å²) in [5.41, 5.74) is 1.25. The second-order valence-corrected chi connectivity index (χ2v) is 8.64. The third kappa shape index (κ3) is 7.35. The van der Waals surface area contributed by atoms with Crippen molar-refractivity contribution in [3.63, 3.8) is 0 Å². The number of aliphatic imine (C=N–C) groups is 1. The third-order valence-corrected chi connectivity index (χ3v) is 6.39. The largest absolute Gasteiger partial charge is 0.396 e. The lowest BCUT2D eigenvalue weighted by Crippen LogP contribution is -2.51. The third-order valence-electron chi connectivity index (χ3n) is 6.39. The molecule has 2 unspecified atom stereocenters. The fraction of sp³-hybridized carbons (Fsp3) is 0.696. The minimum absolute atomic E-state index is 0. The SMILES string of the molecule is CCNC(=NCC1(CO)CCOCC1)NC1CCN(Cc2ccccc2)C(C)C1.I. The molecule has 3 rings (SSSR count). The van der Waals surface area contributed by atoms with Gasteiger partial charge in [0.15, 0.2) is 5.96 Å². The van der Waals surface area contributed by atoms with Crippen molar-refractivity contribution >= 4 is 29.9 Å². The molecule has 0 spiro atoms. The molecule has 0 saturated carbocycles. The molecule has 3 N–H and O–H groups in total. The topological polar surface area (TPSA) is 69.1 Å². The smallest absolute Gasteiger partial charge is 0.191 e. The van der Waals surface area contributed by atoms with Gasteiger partial charge in [0.05, 0.1) is 13.2 Å². The average Bonchev–Trinajstić information content (AvgIpc) is 2.75. The van der Waals surface area contributed by atoms with Crippen molar-refractivity contribution in [2.75, 3.05) is 39.5 Å². The summed E-state index contributed by atoms with van der Waals surface area (Å²) in [6.07, 6.45) is 3.97. The molecule has 0 radical (unpaired) electrons. The quantitative estimate of drug-likeness (QED) is 0.288. The molecule has 1 aromatic carbocycles. The summed E-state index contributed by atoms with van der Waals surface area (Å²) in [6.45, 7) is 9.62. The second kappa shape index (κ2) is 12.8.